The van der Waals surface area contributed by atoms with E-state index >= 15 is 0 Å². The monoisotopic (exact) mass is 174 g/mol. The van der Waals surface area contributed by atoms with E-state index in [0.29, 0.717) is 13.2 Å². The van der Waals surface area contributed by atoms with E-state index in [9.17, 15) is 4.79 Å². The maximum atomic E-state index is 10.2. The zero-order valence-electron chi connectivity index (χ0n) is 7.12. The Bertz CT molecular complexity index is 163. The van der Waals surface area contributed by atoms with Crippen LogP contribution >= 0.6 is 0 Å². The minimum atomic E-state index is -0.978. The van der Waals surface area contributed by atoms with Crippen molar-refractivity contribution in [2.45, 2.75) is 6.04 Å². The third kappa shape index (κ3) is 2.67. The number of hydrogen-bond donors (Lipinski definition) is 2. The molecule has 1 atom stereocenters. The summed E-state index contributed by atoms with van der Waals surface area (Å²) in [7, 11) is 1.97. The molecule has 0 aromatic carbocycles. The van der Waals surface area contributed by atoms with Crippen LogP contribution in [0.15, 0.2) is 0 Å². The highest BCUT2D eigenvalue weighted by Crippen LogP contribution is 2.01. The van der Waals surface area contributed by atoms with E-state index < -0.39 is 6.09 Å². The van der Waals surface area contributed by atoms with Gasteiger partial charge in [-0.2, -0.15) is 0 Å². The van der Waals surface area contributed by atoms with E-state index in [1.54, 1.807) is 0 Å². The lowest BCUT2D eigenvalue weighted by molar-refractivity contribution is 0.00683. The molecule has 1 saturated heterocycles. The number of likely N-dealkylation sites (N-methyl/N-ethyl adjacent to an activating group) is 1. The maximum Gasteiger partial charge on any atom is 0.404 e. The number of carbonyl (C=O) groups is 1. The number of nitrogens with zero attached hydrogens (tertiary/aromatic N) is 1. The Labute approximate surface area is 71.3 Å². The molecule has 2 N–H and O–H groups in total. The summed E-state index contributed by atoms with van der Waals surface area (Å²) in [5, 5.41) is 10.7. The lowest BCUT2D eigenvalue weighted by Gasteiger charge is -2.31. The Morgan fingerprint density at radius 1 is 1.83 bits per heavy atom. The normalized spacial score (nSPS) is 25.2. The zero-order valence-corrected chi connectivity index (χ0v) is 7.12. The molecule has 5 heteroatoms. The van der Waals surface area contributed by atoms with Gasteiger partial charge in [0.1, 0.15) is 0 Å². The molecule has 0 aliphatic carbocycles. The van der Waals surface area contributed by atoms with Gasteiger partial charge in [0, 0.05) is 13.1 Å². The first-order valence-electron chi connectivity index (χ1n) is 3.95. The average molecular weight is 174 g/mol. The number of amides is 1. The predicted molar refractivity (Wildman–Crippen MR) is 43.3 cm³/mol. The second-order valence-corrected chi connectivity index (χ2v) is 2.90. The van der Waals surface area contributed by atoms with E-state index in [4.69, 9.17) is 9.84 Å². The van der Waals surface area contributed by atoms with E-state index in [1.165, 1.54) is 0 Å². The molecule has 0 aromatic rings. The van der Waals surface area contributed by atoms with Crippen LogP contribution in [0, 0.1) is 0 Å². The molecule has 1 heterocycles. The van der Waals surface area contributed by atoms with Gasteiger partial charge in [-0.15, -0.1) is 0 Å². The number of carboxylic acid groups (broad SMARTS) is 1. The van der Waals surface area contributed by atoms with Crippen LogP contribution in [-0.2, 0) is 4.74 Å². The lowest BCUT2D eigenvalue weighted by Crippen LogP contribution is -2.49. The van der Waals surface area contributed by atoms with E-state index in [2.05, 4.69) is 10.2 Å². The lowest BCUT2D eigenvalue weighted by atomic mass is 10.2. The molecular formula is C7H14N2O3. The Hall–Kier alpha value is -0.810. The minimum absolute atomic E-state index is 0.176. The molecule has 1 fully saturated rings. The third-order valence-electron chi connectivity index (χ3n) is 2.01. The van der Waals surface area contributed by atoms with Crippen molar-refractivity contribution >= 4 is 6.09 Å². The van der Waals surface area contributed by atoms with Crippen molar-refractivity contribution < 1.29 is 14.6 Å². The first-order valence-corrected chi connectivity index (χ1v) is 3.95. The summed E-state index contributed by atoms with van der Waals surface area (Å²) in [6.45, 7) is 2.65. The van der Waals surface area contributed by atoms with Crippen LogP contribution in [0.1, 0.15) is 0 Å². The standard InChI is InChI=1S/C7H14N2O3/c1-9-2-3-12-5-6(9)4-8-7(10)11/h6,8H,2-5H2,1H3,(H,10,11). The molecule has 0 aromatic heterocycles. The highest BCUT2D eigenvalue weighted by molar-refractivity contribution is 5.64. The number of nitrogens with one attached hydrogen (secondary N) is 1. The molecule has 5 nitrogen and oxygen atoms in total. The van der Waals surface area contributed by atoms with E-state index in [1.807, 2.05) is 7.05 Å². The van der Waals surface area contributed by atoms with Crippen LogP contribution in [0.5, 0.6) is 0 Å². The molecule has 0 spiro atoms. The molecule has 0 bridgehead atoms. The predicted octanol–water partition coefficient (Wildman–Crippen LogP) is -0.415. The van der Waals surface area contributed by atoms with E-state index in [-0.39, 0.29) is 6.04 Å². The van der Waals surface area contributed by atoms with Gasteiger partial charge in [0.05, 0.1) is 19.3 Å². The fourth-order valence-electron chi connectivity index (χ4n) is 1.16. The molecule has 1 amide bonds. The number of hydrogen-bond acceptors (Lipinski definition) is 3. The molecule has 1 aliphatic heterocycles. The van der Waals surface area contributed by atoms with Crippen molar-refractivity contribution in [2.75, 3.05) is 33.4 Å². The average Bonchev–Trinajstić information content (AvgIpc) is 2.03. The largest absolute Gasteiger partial charge is 0.465 e. The van der Waals surface area contributed by atoms with Crippen molar-refractivity contribution in [3.63, 3.8) is 0 Å². The molecule has 0 radical (unpaired) electrons. The van der Waals surface area contributed by atoms with Gasteiger partial charge in [-0.05, 0) is 7.05 Å². The van der Waals surface area contributed by atoms with Crippen LogP contribution in [0.2, 0.25) is 0 Å². The van der Waals surface area contributed by atoms with Gasteiger partial charge in [0.15, 0.2) is 0 Å². The number of rotatable bonds is 2. The fourth-order valence-corrected chi connectivity index (χ4v) is 1.16. The van der Waals surface area contributed by atoms with Crippen LogP contribution in [0.4, 0.5) is 4.79 Å². The van der Waals surface area contributed by atoms with Crippen molar-refractivity contribution in [3.05, 3.63) is 0 Å². The highest BCUT2D eigenvalue weighted by Gasteiger charge is 2.19. The molecular weight excluding hydrogens is 160 g/mol. The van der Waals surface area contributed by atoms with Crippen LogP contribution in [0.25, 0.3) is 0 Å². The summed E-state index contributed by atoms with van der Waals surface area (Å²) in [5.74, 6) is 0. The van der Waals surface area contributed by atoms with Gasteiger partial charge < -0.3 is 15.2 Å². The van der Waals surface area contributed by atoms with Crippen molar-refractivity contribution in [2.24, 2.45) is 0 Å². The SMILES string of the molecule is CN1CCOCC1CNC(=O)O. The van der Waals surface area contributed by atoms with Crippen LogP contribution in [-0.4, -0.2) is 55.5 Å². The summed E-state index contributed by atoms with van der Waals surface area (Å²) in [4.78, 5) is 12.3. The maximum absolute atomic E-state index is 10.2. The fraction of sp³-hybridized carbons (Fsp3) is 0.857. The van der Waals surface area contributed by atoms with Gasteiger partial charge in [-0.3, -0.25) is 4.90 Å². The first kappa shape index (κ1) is 9.28. The first-order chi connectivity index (χ1) is 5.70. The Morgan fingerprint density at radius 2 is 2.58 bits per heavy atom. The quantitative estimate of drug-likeness (QED) is 0.597. The van der Waals surface area contributed by atoms with E-state index in [0.717, 1.165) is 13.2 Å². The smallest absolute Gasteiger partial charge is 0.404 e. The van der Waals surface area contributed by atoms with Crippen molar-refractivity contribution in [1.29, 1.82) is 0 Å². The van der Waals surface area contributed by atoms with Crippen LogP contribution in [0.3, 0.4) is 0 Å². The molecule has 1 unspecified atom stereocenters. The van der Waals surface area contributed by atoms with Gasteiger partial charge in [-0.1, -0.05) is 0 Å². The summed E-state index contributed by atoms with van der Waals surface area (Å²) < 4.78 is 5.21. The minimum Gasteiger partial charge on any atom is -0.465 e. The molecule has 12 heavy (non-hydrogen) atoms. The van der Waals surface area contributed by atoms with Gasteiger partial charge in [0.2, 0.25) is 0 Å². The Balaban J connectivity index is 2.24. The summed E-state index contributed by atoms with van der Waals surface area (Å²) in [6, 6.07) is 0.176. The second kappa shape index (κ2) is 4.27. The summed E-state index contributed by atoms with van der Waals surface area (Å²) >= 11 is 0. The molecule has 1 rings (SSSR count). The Morgan fingerprint density at radius 3 is 3.17 bits per heavy atom. The number of ether oxygens (including phenoxy) is 1. The van der Waals surface area contributed by atoms with Crippen LogP contribution < -0.4 is 5.32 Å². The summed E-state index contributed by atoms with van der Waals surface area (Å²) in [6.07, 6.45) is -0.978. The van der Waals surface area contributed by atoms with Gasteiger partial charge in [-0.25, -0.2) is 4.79 Å². The van der Waals surface area contributed by atoms with Crippen molar-refractivity contribution in [3.8, 4) is 0 Å². The van der Waals surface area contributed by atoms with Gasteiger partial charge in [0.25, 0.3) is 0 Å². The molecule has 1 aliphatic rings. The second-order valence-electron chi connectivity index (χ2n) is 2.90. The summed E-state index contributed by atoms with van der Waals surface area (Å²) in [5.41, 5.74) is 0. The number of morpholine rings is 1. The Kier molecular flexibility index (Phi) is 3.31. The third-order valence-corrected chi connectivity index (χ3v) is 2.01. The van der Waals surface area contributed by atoms with Crippen molar-refractivity contribution in [1.82, 2.24) is 10.2 Å². The molecule has 70 valence electrons. The topological polar surface area (TPSA) is 61.8 Å². The zero-order chi connectivity index (χ0) is 8.97. The highest BCUT2D eigenvalue weighted by atomic mass is 16.5. The van der Waals surface area contributed by atoms with Gasteiger partial charge >= 0.3 is 6.09 Å². The molecule has 0 saturated carbocycles.